The molecule has 0 aliphatic rings. The van der Waals surface area contributed by atoms with Crippen LogP contribution >= 0.6 is 12.2 Å². The first-order valence-electron chi connectivity index (χ1n) is 5.78. The SMILES string of the molecule is Cc1ccc(F)c(Nc2nc(C)ccc2C(N)=S)c1. The van der Waals surface area contributed by atoms with E-state index in [1.54, 1.807) is 18.2 Å². The third-order valence-electron chi connectivity index (χ3n) is 2.67. The molecule has 1 heterocycles. The molecule has 3 N–H and O–H groups in total. The van der Waals surface area contributed by atoms with Gasteiger partial charge in [-0.15, -0.1) is 0 Å². The molecule has 19 heavy (non-hydrogen) atoms. The van der Waals surface area contributed by atoms with E-state index in [0.29, 0.717) is 17.1 Å². The second kappa shape index (κ2) is 5.32. The molecule has 0 unspecified atom stereocenters. The van der Waals surface area contributed by atoms with Crippen LogP contribution in [0.4, 0.5) is 15.9 Å². The van der Waals surface area contributed by atoms with Crippen molar-refractivity contribution < 1.29 is 4.39 Å². The lowest BCUT2D eigenvalue weighted by atomic mass is 10.2. The summed E-state index contributed by atoms with van der Waals surface area (Å²) >= 11 is 4.97. The van der Waals surface area contributed by atoms with Gasteiger partial charge in [-0.05, 0) is 43.7 Å². The van der Waals surface area contributed by atoms with E-state index < -0.39 is 0 Å². The van der Waals surface area contributed by atoms with E-state index in [1.165, 1.54) is 6.07 Å². The molecule has 0 amide bonds. The number of aryl methyl sites for hydroxylation is 2. The van der Waals surface area contributed by atoms with Crippen LogP contribution in [0.5, 0.6) is 0 Å². The number of hydrogen-bond acceptors (Lipinski definition) is 3. The summed E-state index contributed by atoms with van der Waals surface area (Å²) in [5.74, 6) is 0.125. The molecular formula is C14H14FN3S. The number of rotatable bonds is 3. The largest absolute Gasteiger partial charge is 0.389 e. The molecule has 98 valence electrons. The number of benzene rings is 1. The lowest BCUT2D eigenvalue weighted by Crippen LogP contribution is -2.13. The van der Waals surface area contributed by atoms with E-state index in [2.05, 4.69) is 10.3 Å². The summed E-state index contributed by atoms with van der Waals surface area (Å²) in [6.07, 6.45) is 0. The average molecular weight is 275 g/mol. The Bertz CT molecular complexity index is 641. The summed E-state index contributed by atoms with van der Waals surface area (Å²) in [7, 11) is 0. The minimum atomic E-state index is -0.345. The van der Waals surface area contributed by atoms with Crippen LogP contribution in [-0.4, -0.2) is 9.97 Å². The number of pyridine rings is 1. The van der Waals surface area contributed by atoms with Crippen molar-refractivity contribution >= 4 is 28.7 Å². The van der Waals surface area contributed by atoms with Crippen LogP contribution in [0.3, 0.4) is 0 Å². The molecule has 0 spiro atoms. The molecule has 0 saturated heterocycles. The monoisotopic (exact) mass is 275 g/mol. The minimum absolute atomic E-state index is 0.225. The molecule has 1 aromatic carbocycles. The molecule has 0 aliphatic carbocycles. The highest BCUT2D eigenvalue weighted by molar-refractivity contribution is 7.80. The standard InChI is InChI=1S/C14H14FN3S/c1-8-3-6-11(15)12(7-8)18-14-10(13(16)19)5-4-9(2)17-14/h3-7H,1-2H3,(H2,16,19)(H,17,18). The number of aromatic nitrogens is 1. The molecule has 3 nitrogen and oxygen atoms in total. The zero-order valence-electron chi connectivity index (χ0n) is 10.7. The third kappa shape index (κ3) is 3.06. The van der Waals surface area contributed by atoms with Crippen LogP contribution in [0.1, 0.15) is 16.8 Å². The van der Waals surface area contributed by atoms with Gasteiger partial charge < -0.3 is 11.1 Å². The Morgan fingerprint density at radius 1 is 1.26 bits per heavy atom. The van der Waals surface area contributed by atoms with Crippen LogP contribution in [0.25, 0.3) is 0 Å². The molecule has 0 saturated carbocycles. The molecule has 0 bridgehead atoms. The summed E-state index contributed by atoms with van der Waals surface area (Å²) in [5.41, 5.74) is 8.35. The van der Waals surface area contributed by atoms with Gasteiger partial charge in [0, 0.05) is 5.69 Å². The molecule has 5 heteroatoms. The summed E-state index contributed by atoms with van der Waals surface area (Å²) in [4.78, 5) is 4.54. The van der Waals surface area contributed by atoms with E-state index >= 15 is 0 Å². The second-order valence-electron chi connectivity index (χ2n) is 4.32. The first-order valence-corrected chi connectivity index (χ1v) is 6.19. The van der Waals surface area contributed by atoms with Crippen molar-refractivity contribution in [2.24, 2.45) is 5.73 Å². The van der Waals surface area contributed by atoms with Gasteiger partial charge in [0.05, 0.1) is 11.3 Å². The van der Waals surface area contributed by atoms with Crippen molar-refractivity contribution in [3.63, 3.8) is 0 Å². The lowest BCUT2D eigenvalue weighted by molar-refractivity contribution is 0.631. The molecule has 0 fully saturated rings. The van der Waals surface area contributed by atoms with Crippen molar-refractivity contribution in [1.82, 2.24) is 4.98 Å². The van der Waals surface area contributed by atoms with Crippen LogP contribution in [0.15, 0.2) is 30.3 Å². The zero-order chi connectivity index (χ0) is 14.0. The highest BCUT2D eigenvalue weighted by atomic mass is 32.1. The van der Waals surface area contributed by atoms with Gasteiger partial charge in [-0.1, -0.05) is 18.3 Å². The highest BCUT2D eigenvalue weighted by Crippen LogP contribution is 2.23. The number of halogens is 1. The average Bonchev–Trinajstić information content (AvgIpc) is 2.33. The fourth-order valence-corrected chi connectivity index (χ4v) is 1.88. The van der Waals surface area contributed by atoms with Gasteiger partial charge >= 0.3 is 0 Å². The number of nitrogens with two attached hydrogens (primary N) is 1. The summed E-state index contributed by atoms with van der Waals surface area (Å²) in [6.45, 7) is 3.74. The van der Waals surface area contributed by atoms with E-state index in [1.807, 2.05) is 19.9 Å². The maximum absolute atomic E-state index is 13.7. The number of hydrogen-bond donors (Lipinski definition) is 2. The Morgan fingerprint density at radius 3 is 2.68 bits per heavy atom. The molecule has 0 radical (unpaired) electrons. The van der Waals surface area contributed by atoms with Gasteiger partial charge in [-0.2, -0.15) is 0 Å². The van der Waals surface area contributed by atoms with Crippen molar-refractivity contribution in [1.29, 1.82) is 0 Å². The van der Waals surface area contributed by atoms with Gasteiger partial charge in [0.2, 0.25) is 0 Å². The molecular weight excluding hydrogens is 261 g/mol. The number of nitrogens with zero attached hydrogens (tertiary/aromatic N) is 1. The van der Waals surface area contributed by atoms with Crippen molar-refractivity contribution in [2.75, 3.05) is 5.32 Å². The Balaban J connectivity index is 2.45. The summed E-state index contributed by atoms with van der Waals surface area (Å²) < 4.78 is 13.7. The van der Waals surface area contributed by atoms with E-state index in [9.17, 15) is 4.39 Å². The Morgan fingerprint density at radius 2 is 2.00 bits per heavy atom. The third-order valence-corrected chi connectivity index (χ3v) is 2.89. The van der Waals surface area contributed by atoms with Crippen molar-refractivity contribution in [2.45, 2.75) is 13.8 Å². The van der Waals surface area contributed by atoms with Crippen LogP contribution in [0.2, 0.25) is 0 Å². The molecule has 2 aromatic rings. The fraction of sp³-hybridized carbons (Fsp3) is 0.143. The Labute approximate surface area is 116 Å². The van der Waals surface area contributed by atoms with Crippen LogP contribution in [0, 0.1) is 19.7 Å². The molecule has 2 rings (SSSR count). The predicted octanol–water partition coefficient (Wildman–Crippen LogP) is 3.22. The molecule has 0 aliphatic heterocycles. The first kappa shape index (κ1) is 13.4. The maximum atomic E-state index is 13.7. The normalized spacial score (nSPS) is 10.3. The van der Waals surface area contributed by atoms with Crippen LogP contribution < -0.4 is 11.1 Å². The van der Waals surface area contributed by atoms with Crippen LogP contribution in [-0.2, 0) is 0 Å². The summed E-state index contributed by atoms with van der Waals surface area (Å²) in [5, 5.41) is 2.95. The Hall–Kier alpha value is -2.01. The lowest BCUT2D eigenvalue weighted by Gasteiger charge is -2.12. The van der Waals surface area contributed by atoms with Gasteiger partial charge in [-0.3, -0.25) is 0 Å². The van der Waals surface area contributed by atoms with Crippen molar-refractivity contribution in [3.05, 3.63) is 53.0 Å². The first-order chi connectivity index (χ1) is 8.97. The van der Waals surface area contributed by atoms with Gasteiger partial charge in [0.1, 0.15) is 16.6 Å². The quantitative estimate of drug-likeness (QED) is 0.845. The smallest absolute Gasteiger partial charge is 0.146 e. The van der Waals surface area contributed by atoms with Crippen molar-refractivity contribution in [3.8, 4) is 0 Å². The van der Waals surface area contributed by atoms with E-state index in [0.717, 1.165) is 11.3 Å². The van der Waals surface area contributed by atoms with E-state index in [4.69, 9.17) is 18.0 Å². The number of anilines is 2. The Kier molecular flexibility index (Phi) is 3.76. The number of nitrogens with one attached hydrogen (secondary N) is 1. The minimum Gasteiger partial charge on any atom is -0.389 e. The topological polar surface area (TPSA) is 50.9 Å². The fourth-order valence-electron chi connectivity index (χ4n) is 1.71. The van der Waals surface area contributed by atoms with E-state index in [-0.39, 0.29) is 10.8 Å². The predicted molar refractivity (Wildman–Crippen MR) is 79.3 cm³/mol. The van der Waals surface area contributed by atoms with Gasteiger partial charge in [0.15, 0.2) is 0 Å². The zero-order valence-corrected chi connectivity index (χ0v) is 11.5. The molecule has 1 aromatic heterocycles. The highest BCUT2D eigenvalue weighted by Gasteiger charge is 2.10. The summed E-state index contributed by atoms with van der Waals surface area (Å²) in [6, 6.07) is 8.42. The number of thiocarbonyl (C=S) groups is 1. The second-order valence-corrected chi connectivity index (χ2v) is 4.76. The van der Waals surface area contributed by atoms with Gasteiger partial charge in [-0.25, -0.2) is 9.37 Å². The van der Waals surface area contributed by atoms with Gasteiger partial charge in [0.25, 0.3) is 0 Å². The maximum Gasteiger partial charge on any atom is 0.146 e. The molecule has 0 atom stereocenters.